The first-order valence-corrected chi connectivity index (χ1v) is 14.1. The molecule has 2 aliphatic carbocycles. The van der Waals surface area contributed by atoms with Crippen molar-refractivity contribution in [3.05, 3.63) is 64.7 Å². The maximum Gasteiger partial charge on any atom is 0.247 e. The number of nitrogens with zero attached hydrogens (tertiary/aromatic N) is 1. The van der Waals surface area contributed by atoms with E-state index in [1.165, 1.54) is 7.11 Å². The van der Waals surface area contributed by atoms with Crippen LogP contribution >= 0.6 is 0 Å². The van der Waals surface area contributed by atoms with Crippen LogP contribution in [0.15, 0.2) is 48.0 Å². The van der Waals surface area contributed by atoms with E-state index >= 15 is 0 Å². The number of ether oxygens (including phenoxy) is 3. The lowest BCUT2D eigenvalue weighted by atomic mass is 9.76. The predicted molar refractivity (Wildman–Crippen MR) is 150 cm³/mol. The van der Waals surface area contributed by atoms with E-state index in [2.05, 4.69) is 5.32 Å². The van der Waals surface area contributed by atoms with E-state index in [4.69, 9.17) is 14.2 Å². The molecule has 2 amide bonds. The van der Waals surface area contributed by atoms with Crippen LogP contribution in [0.25, 0.3) is 0 Å². The molecule has 0 bridgehead atoms. The summed E-state index contributed by atoms with van der Waals surface area (Å²) in [7, 11) is 3.09. The Labute approximate surface area is 239 Å². The maximum absolute atomic E-state index is 13.8. The second-order valence-corrected chi connectivity index (χ2v) is 10.8. The number of aliphatic hydroxyl groups is 3. The normalized spacial score (nSPS) is 22.9. The summed E-state index contributed by atoms with van der Waals surface area (Å²) >= 11 is 0. The minimum Gasteiger partial charge on any atom is -0.497 e. The van der Waals surface area contributed by atoms with Gasteiger partial charge in [0.2, 0.25) is 11.8 Å². The number of hydrogen-bond donors (Lipinski definition) is 4. The minimum atomic E-state index is -1.14. The van der Waals surface area contributed by atoms with Crippen LogP contribution in [0, 0.1) is 5.92 Å². The van der Waals surface area contributed by atoms with Gasteiger partial charge in [0, 0.05) is 30.1 Å². The molecule has 0 saturated heterocycles. The molecule has 220 valence electrons. The highest BCUT2D eigenvalue weighted by atomic mass is 16.5. The number of carbonyl (C=O) groups excluding carboxylic acids is 2. The van der Waals surface area contributed by atoms with E-state index < -0.39 is 30.1 Å². The van der Waals surface area contributed by atoms with Gasteiger partial charge in [-0.3, -0.25) is 9.59 Å². The van der Waals surface area contributed by atoms with Crippen molar-refractivity contribution in [1.29, 1.82) is 0 Å². The number of fused-ring (bicyclic) bond motifs is 3. The van der Waals surface area contributed by atoms with Crippen molar-refractivity contribution < 1.29 is 39.1 Å². The largest absolute Gasteiger partial charge is 0.497 e. The number of amides is 2. The molecule has 0 radical (unpaired) electrons. The van der Waals surface area contributed by atoms with Crippen LogP contribution in [0.5, 0.6) is 17.2 Å². The third-order valence-corrected chi connectivity index (χ3v) is 8.37. The van der Waals surface area contributed by atoms with Gasteiger partial charge in [0.1, 0.15) is 18.0 Å². The highest BCUT2D eigenvalue weighted by Crippen LogP contribution is 2.51. The van der Waals surface area contributed by atoms with E-state index in [9.17, 15) is 24.9 Å². The first-order valence-electron chi connectivity index (χ1n) is 14.1. The van der Waals surface area contributed by atoms with Crippen molar-refractivity contribution in [2.45, 2.75) is 56.5 Å². The lowest BCUT2D eigenvalue weighted by Crippen LogP contribution is -2.57. The lowest BCUT2D eigenvalue weighted by Gasteiger charge is -2.43. The fourth-order valence-electron chi connectivity index (χ4n) is 5.99. The first-order chi connectivity index (χ1) is 19.9. The Morgan fingerprint density at radius 1 is 1.10 bits per heavy atom. The van der Waals surface area contributed by atoms with Crippen LogP contribution in [-0.2, 0) is 22.6 Å². The molecule has 1 heterocycles. The summed E-state index contributed by atoms with van der Waals surface area (Å²) in [6.45, 7) is -0.0961. The van der Waals surface area contributed by atoms with Gasteiger partial charge in [-0.1, -0.05) is 18.6 Å². The summed E-state index contributed by atoms with van der Waals surface area (Å²) in [5, 5.41) is 33.7. The van der Waals surface area contributed by atoms with E-state index in [-0.39, 0.29) is 31.6 Å². The van der Waals surface area contributed by atoms with Gasteiger partial charge < -0.3 is 39.7 Å². The number of nitrogens with one attached hydrogen (secondary N) is 1. The quantitative estimate of drug-likeness (QED) is 0.323. The highest BCUT2D eigenvalue weighted by Gasteiger charge is 2.52. The summed E-state index contributed by atoms with van der Waals surface area (Å²) in [6, 6.07) is 10.2. The molecular formula is C31H38N2O8. The van der Waals surface area contributed by atoms with Crippen molar-refractivity contribution in [2.24, 2.45) is 5.92 Å². The molecule has 4 atom stereocenters. The Morgan fingerprint density at radius 3 is 2.56 bits per heavy atom. The summed E-state index contributed by atoms with van der Waals surface area (Å²) in [5.41, 5.74) is 2.52. The first kappa shape index (κ1) is 28.9. The molecule has 1 saturated carbocycles. The Morgan fingerprint density at radius 2 is 1.90 bits per heavy atom. The molecule has 2 aromatic carbocycles. The molecule has 10 heteroatoms. The zero-order valence-electron chi connectivity index (χ0n) is 23.4. The second-order valence-electron chi connectivity index (χ2n) is 10.8. The highest BCUT2D eigenvalue weighted by molar-refractivity contribution is 5.96. The molecule has 0 unspecified atom stereocenters. The van der Waals surface area contributed by atoms with Crippen molar-refractivity contribution >= 4 is 11.8 Å². The van der Waals surface area contributed by atoms with E-state index in [1.807, 2.05) is 24.3 Å². The van der Waals surface area contributed by atoms with Crippen molar-refractivity contribution in [3.63, 3.8) is 0 Å². The SMILES string of the molecule is COc1cccc(CCN(C(=O)C2CCC2)[C@@H]2C=C(C(=O)NCCO)[C@@H]3c4cc(CO)cc(OC)c4O[C@@H]3[C@H]2O)c1. The van der Waals surface area contributed by atoms with Gasteiger partial charge in [0.25, 0.3) is 0 Å². The average molecular weight is 567 g/mol. The molecule has 1 aliphatic heterocycles. The van der Waals surface area contributed by atoms with Gasteiger partial charge in [0.05, 0.1) is 39.4 Å². The van der Waals surface area contributed by atoms with Crippen LogP contribution in [0.4, 0.5) is 0 Å². The Balaban J connectivity index is 1.54. The van der Waals surface area contributed by atoms with Crippen LogP contribution in [0.3, 0.4) is 0 Å². The summed E-state index contributed by atoms with van der Waals surface area (Å²) in [4.78, 5) is 29.0. The Hall–Kier alpha value is -3.60. The number of carbonyl (C=O) groups is 2. The zero-order chi connectivity index (χ0) is 29.1. The molecular weight excluding hydrogens is 528 g/mol. The van der Waals surface area contributed by atoms with Gasteiger partial charge in [-0.25, -0.2) is 0 Å². The van der Waals surface area contributed by atoms with Crippen molar-refractivity contribution in [1.82, 2.24) is 10.2 Å². The second kappa shape index (κ2) is 12.5. The third kappa shape index (κ3) is 5.64. The number of rotatable bonds is 11. The van der Waals surface area contributed by atoms with Crippen LogP contribution in [-0.4, -0.2) is 84.2 Å². The standard InChI is InChI=1S/C31H38N2O8/c1-39-21-8-3-5-18(13-21)9-11-33(31(38)20-6-4-7-20)24-16-23(30(37)32-10-12-34)26-22-14-19(17-35)15-25(40-2)28(22)41-29(26)27(24)36/h3,5,8,13-16,20,24,26-27,29,34-36H,4,6-7,9-12,17H2,1-2H3,(H,32,37)/t24-,26+,27+,29+/m1/s1. The molecule has 10 nitrogen and oxygen atoms in total. The summed E-state index contributed by atoms with van der Waals surface area (Å²) in [5.74, 6) is 0.251. The number of methoxy groups -OCH3 is 2. The number of hydrogen-bond acceptors (Lipinski definition) is 8. The maximum atomic E-state index is 13.8. The molecule has 3 aliphatic rings. The molecule has 2 aromatic rings. The van der Waals surface area contributed by atoms with Crippen LogP contribution in [0.2, 0.25) is 0 Å². The topological polar surface area (TPSA) is 138 Å². The van der Waals surface area contributed by atoms with Gasteiger partial charge >= 0.3 is 0 Å². The fraction of sp³-hybridized carbons (Fsp3) is 0.484. The van der Waals surface area contributed by atoms with Gasteiger partial charge in [-0.15, -0.1) is 0 Å². The fourth-order valence-corrected chi connectivity index (χ4v) is 5.99. The summed E-state index contributed by atoms with van der Waals surface area (Å²) in [6.07, 6.45) is 2.76. The Kier molecular flexibility index (Phi) is 8.82. The van der Waals surface area contributed by atoms with E-state index in [0.717, 1.165) is 30.6 Å². The molecule has 0 aromatic heterocycles. The van der Waals surface area contributed by atoms with Crippen LogP contribution < -0.4 is 19.5 Å². The van der Waals surface area contributed by atoms with Crippen LogP contribution in [0.1, 0.15) is 41.9 Å². The van der Waals surface area contributed by atoms with E-state index in [1.54, 1.807) is 30.2 Å². The zero-order valence-corrected chi connectivity index (χ0v) is 23.4. The molecule has 4 N–H and O–H groups in total. The number of aliphatic hydroxyl groups excluding tert-OH is 3. The monoisotopic (exact) mass is 566 g/mol. The van der Waals surface area contributed by atoms with Gasteiger partial charge in [-0.2, -0.15) is 0 Å². The van der Waals surface area contributed by atoms with E-state index in [0.29, 0.717) is 41.2 Å². The lowest BCUT2D eigenvalue weighted by molar-refractivity contribution is -0.144. The number of benzene rings is 2. The predicted octanol–water partition coefficient (Wildman–Crippen LogP) is 1.69. The Bertz CT molecular complexity index is 1310. The van der Waals surface area contributed by atoms with Gasteiger partial charge in [0.15, 0.2) is 11.5 Å². The molecule has 41 heavy (non-hydrogen) atoms. The van der Waals surface area contributed by atoms with Gasteiger partial charge in [-0.05, 0) is 60.7 Å². The summed E-state index contributed by atoms with van der Waals surface area (Å²) < 4.78 is 17.2. The molecule has 5 rings (SSSR count). The average Bonchev–Trinajstić information content (AvgIpc) is 3.35. The third-order valence-electron chi connectivity index (χ3n) is 8.37. The van der Waals surface area contributed by atoms with Crippen molar-refractivity contribution in [3.8, 4) is 17.2 Å². The van der Waals surface area contributed by atoms with Crippen molar-refractivity contribution in [2.75, 3.05) is 33.9 Å². The molecule has 1 fully saturated rings. The smallest absolute Gasteiger partial charge is 0.247 e. The minimum absolute atomic E-state index is 0.0506. The molecule has 0 spiro atoms.